The smallest absolute Gasteiger partial charge is 0.330 e. The van der Waals surface area contributed by atoms with Crippen LogP contribution in [0.25, 0.3) is 11.0 Å². The lowest BCUT2D eigenvalue weighted by Gasteiger charge is -2.37. The molecule has 160 valence electrons. The molecular formula is C21H30F3N5. The lowest BCUT2D eigenvalue weighted by Crippen LogP contribution is -2.47. The number of hydrogen-bond donors (Lipinski definition) is 0. The van der Waals surface area contributed by atoms with Gasteiger partial charge in [0.2, 0.25) is 0 Å². The number of aryl methyl sites for hydroxylation is 1. The van der Waals surface area contributed by atoms with Gasteiger partial charge in [-0.15, -0.1) is 0 Å². The highest BCUT2D eigenvalue weighted by atomic mass is 19.4. The average molecular weight is 410 g/mol. The lowest BCUT2D eigenvalue weighted by molar-refractivity contribution is -0.137. The molecule has 2 aliphatic heterocycles. The van der Waals surface area contributed by atoms with Gasteiger partial charge in [0, 0.05) is 39.8 Å². The van der Waals surface area contributed by atoms with Crippen LogP contribution in [-0.4, -0.2) is 77.1 Å². The van der Waals surface area contributed by atoms with Gasteiger partial charge in [-0.25, -0.2) is 4.98 Å². The molecule has 1 aromatic carbocycles. The molecule has 2 fully saturated rings. The van der Waals surface area contributed by atoms with Crippen molar-refractivity contribution in [1.82, 2.24) is 24.3 Å². The van der Waals surface area contributed by atoms with E-state index in [9.17, 15) is 13.2 Å². The van der Waals surface area contributed by atoms with Gasteiger partial charge in [0.05, 0.1) is 23.1 Å². The summed E-state index contributed by atoms with van der Waals surface area (Å²) in [6, 6.07) is 3.82. The van der Waals surface area contributed by atoms with Gasteiger partial charge in [-0.2, -0.15) is 13.2 Å². The van der Waals surface area contributed by atoms with Crippen molar-refractivity contribution in [2.24, 2.45) is 13.0 Å². The van der Waals surface area contributed by atoms with Gasteiger partial charge in [-0.05, 0) is 57.1 Å². The van der Waals surface area contributed by atoms with Gasteiger partial charge in [0.25, 0.3) is 0 Å². The summed E-state index contributed by atoms with van der Waals surface area (Å²) in [4.78, 5) is 11.9. The Morgan fingerprint density at radius 2 is 1.66 bits per heavy atom. The number of likely N-dealkylation sites (tertiary alicyclic amines) is 1. The zero-order valence-electron chi connectivity index (χ0n) is 17.3. The highest BCUT2D eigenvalue weighted by Crippen LogP contribution is 2.31. The van der Waals surface area contributed by atoms with E-state index in [1.54, 1.807) is 0 Å². The Morgan fingerprint density at radius 3 is 2.31 bits per heavy atom. The largest absolute Gasteiger partial charge is 0.416 e. The summed E-state index contributed by atoms with van der Waals surface area (Å²) >= 11 is 0. The highest BCUT2D eigenvalue weighted by molar-refractivity contribution is 5.77. The third-order valence-electron chi connectivity index (χ3n) is 6.49. The SMILES string of the molecule is CN1CCN(CC2CCN(Cc3nc4cc(C(F)(F)F)ccc4n3C)CC2)CC1. The number of benzene rings is 1. The summed E-state index contributed by atoms with van der Waals surface area (Å²) in [5, 5.41) is 0. The van der Waals surface area contributed by atoms with Crippen LogP contribution in [0.4, 0.5) is 13.2 Å². The van der Waals surface area contributed by atoms with Gasteiger partial charge >= 0.3 is 6.18 Å². The molecule has 5 nitrogen and oxygen atoms in total. The molecule has 3 heterocycles. The van der Waals surface area contributed by atoms with Gasteiger partial charge in [0.1, 0.15) is 5.82 Å². The third-order valence-corrected chi connectivity index (χ3v) is 6.49. The molecule has 0 spiro atoms. The molecule has 29 heavy (non-hydrogen) atoms. The first-order valence-electron chi connectivity index (χ1n) is 10.5. The number of rotatable bonds is 4. The third kappa shape index (κ3) is 4.75. The summed E-state index contributed by atoms with van der Waals surface area (Å²) in [5.41, 5.74) is 0.527. The predicted molar refractivity (Wildman–Crippen MR) is 108 cm³/mol. The second-order valence-electron chi connectivity index (χ2n) is 8.61. The highest BCUT2D eigenvalue weighted by Gasteiger charge is 2.31. The first kappa shape index (κ1) is 20.6. The zero-order valence-corrected chi connectivity index (χ0v) is 17.3. The number of hydrogen-bond acceptors (Lipinski definition) is 4. The van der Waals surface area contributed by atoms with Gasteiger partial charge in [-0.3, -0.25) is 4.90 Å². The number of piperidine rings is 1. The van der Waals surface area contributed by atoms with E-state index in [4.69, 9.17) is 0 Å². The Kier molecular flexibility index (Phi) is 5.86. The second-order valence-corrected chi connectivity index (χ2v) is 8.61. The molecule has 0 saturated carbocycles. The summed E-state index contributed by atoms with van der Waals surface area (Å²) in [7, 11) is 4.07. The maximum absolute atomic E-state index is 13.0. The van der Waals surface area contributed by atoms with Crippen LogP contribution in [0.5, 0.6) is 0 Å². The van der Waals surface area contributed by atoms with Crippen molar-refractivity contribution >= 4 is 11.0 Å². The van der Waals surface area contributed by atoms with Crippen LogP contribution in [0.3, 0.4) is 0 Å². The zero-order chi connectivity index (χ0) is 20.6. The van der Waals surface area contributed by atoms with Crippen LogP contribution in [0.1, 0.15) is 24.2 Å². The average Bonchev–Trinajstić information content (AvgIpc) is 2.99. The number of imidazole rings is 1. The van der Waals surface area contributed by atoms with E-state index in [-0.39, 0.29) is 0 Å². The Bertz CT molecular complexity index is 831. The number of piperazine rings is 1. The van der Waals surface area contributed by atoms with Gasteiger partial charge in [-0.1, -0.05) is 0 Å². The maximum Gasteiger partial charge on any atom is 0.416 e. The van der Waals surface area contributed by atoms with Crippen molar-refractivity contribution in [2.75, 3.05) is 52.9 Å². The van der Waals surface area contributed by atoms with Crippen molar-refractivity contribution in [3.8, 4) is 0 Å². The van der Waals surface area contributed by atoms with E-state index in [0.717, 1.165) is 68.7 Å². The minimum atomic E-state index is -4.34. The molecule has 2 aromatic rings. The summed E-state index contributed by atoms with van der Waals surface area (Å²) < 4.78 is 40.8. The Balaban J connectivity index is 1.34. The fourth-order valence-electron chi connectivity index (χ4n) is 4.49. The van der Waals surface area contributed by atoms with Crippen LogP contribution in [-0.2, 0) is 19.8 Å². The van der Waals surface area contributed by atoms with Crippen LogP contribution >= 0.6 is 0 Å². The standard InChI is InChI=1S/C21H30F3N5/c1-26-9-11-29(12-10-26)14-16-5-7-28(8-6-16)15-20-25-18-13-17(21(22,23)24)3-4-19(18)27(20)2/h3-4,13,16H,5-12,14-15H2,1-2H3. The molecule has 0 radical (unpaired) electrons. The molecule has 8 heteroatoms. The first-order chi connectivity index (χ1) is 13.8. The molecule has 0 aliphatic carbocycles. The lowest BCUT2D eigenvalue weighted by atomic mass is 9.96. The van der Waals surface area contributed by atoms with E-state index in [0.29, 0.717) is 12.1 Å². The molecule has 0 bridgehead atoms. The molecule has 2 saturated heterocycles. The Morgan fingerprint density at radius 1 is 0.966 bits per heavy atom. The minimum Gasteiger partial charge on any atom is -0.330 e. The second kappa shape index (κ2) is 8.24. The molecule has 0 atom stereocenters. The van der Waals surface area contributed by atoms with E-state index < -0.39 is 11.7 Å². The van der Waals surface area contributed by atoms with Crippen molar-refractivity contribution < 1.29 is 13.2 Å². The number of halogens is 3. The number of likely N-dealkylation sites (N-methyl/N-ethyl adjacent to an activating group) is 1. The normalized spacial score (nSPS) is 21.3. The molecule has 0 unspecified atom stereocenters. The number of nitrogens with zero attached hydrogens (tertiary/aromatic N) is 5. The van der Waals surface area contributed by atoms with Crippen LogP contribution in [0.2, 0.25) is 0 Å². The molecular weight excluding hydrogens is 379 g/mol. The minimum absolute atomic E-state index is 0.419. The van der Waals surface area contributed by atoms with Gasteiger partial charge < -0.3 is 14.4 Å². The Hall–Kier alpha value is -1.64. The summed E-state index contributed by atoms with van der Waals surface area (Å²) in [6.07, 6.45) is -1.99. The van der Waals surface area contributed by atoms with Crippen LogP contribution in [0.15, 0.2) is 18.2 Å². The fraction of sp³-hybridized carbons (Fsp3) is 0.667. The first-order valence-corrected chi connectivity index (χ1v) is 10.5. The Labute approximate surface area is 170 Å². The van der Waals surface area contributed by atoms with E-state index in [1.807, 2.05) is 11.6 Å². The van der Waals surface area contributed by atoms with E-state index in [2.05, 4.69) is 26.7 Å². The molecule has 1 aromatic heterocycles. The van der Waals surface area contributed by atoms with E-state index in [1.165, 1.54) is 25.5 Å². The molecule has 0 N–H and O–H groups in total. The van der Waals surface area contributed by atoms with Crippen molar-refractivity contribution in [3.05, 3.63) is 29.6 Å². The topological polar surface area (TPSA) is 27.5 Å². The van der Waals surface area contributed by atoms with Crippen molar-refractivity contribution in [2.45, 2.75) is 25.6 Å². The van der Waals surface area contributed by atoms with Crippen molar-refractivity contribution in [3.63, 3.8) is 0 Å². The quantitative estimate of drug-likeness (QED) is 0.776. The van der Waals surface area contributed by atoms with Crippen molar-refractivity contribution in [1.29, 1.82) is 0 Å². The van der Waals surface area contributed by atoms with Crippen LogP contribution in [0, 0.1) is 5.92 Å². The van der Waals surface area contributed by atoms with Gasteiger partial charge in [0.15, 0.2) is 0 Å². The monoisotopic (exact) mass is 409 g/mol. The fourth-order valence-corrected chi connectivity index (χ4v) is 4.49. The predicted octanol–water partition coefficient (Wildman–Crippen LogP) is 3.05. The van der Waals surface area contributed by atoms with Crippen LogP contribution < -0.4 is 0 Å². The summed E-state index contributed by atoms with van der Waals surface area (Å²) in [6.45, 7) is 8.56. The molecule has 4 rings (SSSR count). The number of fused-ring (bicyclic) bond motifs is 1. The summed E-state index contributed by atoms with van der Waals surface area (Å²) in [5.74, 6) is 1.57. The van der Waals surface area contributed by atoms with E-state index >= 15 is 0 Å². The molecule has 2 aliphatic rings. The maximum atomic E-state index is 13.0. The molecule has 0 amide bonds. The number of alkyl halides is 3. The number of aromatic nitrogens is 2.